The quantitative estimate of drug-likeness (QED) is 0.216. The van der Waals surface area contributed by atoms with Gasteiger partial charge in [0.15, 0.2) is 0 Å². The average molecular weight is 424 g/mol. The summed E-state index contributed by atoms with van der Waals surface area (Å²) in [6.07, 6.45) is 4.33. The Balaban J connectivity index is 1.46. The van der Waals surface area contributed by atoms with Gasteiger partial charge in [0, 0.05) is 0 Å². The molecule has 0 unspecified atom stereocenters. The SMILES string of the molecule is CCc1nc(N/N=C\c2ccc(OCCCc3ccccc3)cc2)sc1C(=O)OC. The number of methoxy groups -OCH3 is 1. The van der Waals surface area contributed by atoms with Crippen LogP contribution in [-0.2, 0) is 17.6 Å². The second kappa shape index (κ2) is 11.1. The zero-order valence-electron chi connectivity index (χ0n) is 17.1. The van der Waals surface area contributed by atoms with Gasteiger partial charge in [-0.3, -0.25) is 5.43 Å². The number of anilines is 1. The molecular formula is C23H25N3O3S. The van der Waals surface area contributed by atoms with Gasteiger partial charge in [0.05, 0.1) is 25.6 Å². The summed E-state index contributed by atoms with van der Waals surface area (Å²) in [7, 11) is 1.36. The van der Waals surface area contributed by atoms with Gasteiger partial charge in [-0.05, 0) is 54.7 Å². The van der Waals surface area contributed by atoms with Crippen molar-refractivity contribution in [1.29, 1.82) is 0 Å². The molecule has 1 N–H and O–H groups in total. The van der Waals surface area contributed by atoms with Crippen molar-refractivity contribution in [2.45, 2.75) is 26.2 Å². The van der Waals surface area contributed by atoms with Crippen LogP contribution in [-0.4, -0.2) is 30.9 Å². The number of aromatic nitrogens is 1. The van der Waals surface area contributed by atoms with E-state index in [4.69, 9.17) is 9.47 Å². The van der Waals surface area contributed by atoms with Crippen LogP contribution in [0.1, 0.15) is 39.8 Å². The number of hydrazone groups is 1. The van der Waals surface area contributed by atoms with Crippen LogP contribution >= 0.6 is 11.3 Å². The summed E-state index contributed by atoms with van der Waals surface area (Å²) >= 11 is 1.23. The number of nitrogens with zero attached hydrogens (tertiary/aromatic N) is 2. The number of ether oxygens (including phenoxy) is 2. The fraction of sp³-hybridized carbons (Fsp3) is 0.261. The molecule has 0 aliphatic carbocycles. The van der Waals surface area contributed by atoms with E-state index < -0.39 is 0 Å². The first-order valence-electron chi connectivity index (χ1n) is 9.83. The lowest BCUT2D eigenvalue weighted by molar-refractivity contribution is 0.0605. The Kier molecular flexibility index (Phi) is 7.97. The normalized spacial score (nSPS) is 10.9. The molecule has 0 bridgehead atoms. The fourth-order valence-electron chi connectivity index (χ4n) is 2.81. The molecule has 0 atom stereocenters. The molecule has 2 aromatic carbocycles. The van der Waals surface area contributed by atoms with E-state index in [0.717, 1.165) is 24.2 Å². The van der Waals surface area contributed by atoms with E-state index in [2.05, 4.69) is 39.8 Å². The van der Waals surface area contributed by atoms with Crippen molar-refractivity contribution in [2.24, 2.45) is 5.10 Å². The molecular weight excluding hydrogens is 398 g/mol. The molecule has 6 nitrogen and oxygen atoms in total. The van der Waals surface area contributed by atoms with E-state index in [1.54, 1.807) is 6.21 Å². The maximum atomic E-state index is 11.8. The van der Waals surface area contributed by atoms with Crippen LogP contribution in [0.15, 0.2) is 59.7 Å². The largest absolute Gasteiger partial charge is 0.494 e. The van der Waals surface area contributed by atoms with E-state index in [-0.39, 0.29) is 5.97 Å². The predicted octanol–water partition coefficient (Wildman–Crippen LogP) is 4.95. The van der Waals surface area contributed by atoms with Gasteiger partial charge < -0.3 is 9.47 Å². The summed E-state index contributed by atoms with van der Waals surface area (Å²) < 4.78 is 10.6. The number of carbonyl (C=O) groups is 1. The third kappa shape index (κ3) is 6.15. The number of aryl methyl sites for hydroxylation is 2. The van der Waals surface area contributed by atoms with Crippen molar-refractivity contribution in [1.82, 2.24) is 4.98 Å². The molecule has 0 spiro atoms. The first-order valence-corrected chi connectivity index (χ1v) is 10.6. The lowest BCUT2D eigenvalue weighted by Gasteiger charge is -2.06. The number of hydrogen-bond donors (Lipinski definition) is 1. The van der Waals surface area contributed by atoms with Gasteiger partial charge in [-0.2, -0.15) is 5.10 Å². The van der Waals surface area contributed by atoms with E-state index in [1.807, 2.05) is 37.3 Å². The molecule has 1 aromatic heterocycles. The summed E-state index contributed by atoms with van der Waals surface area (Å²) in [6, 6.07) is 18.1. The second-order valence-electron chi connectivity index (χ2n) is 6.52. The van der Waals surface area contributed by atoms with Crippen molar-refractivity contribution in [3.63, 3.8) is 0 Å². The van der Waals surface area contributed by atoms with Gasteiger partial charge in [-0.25, -0.2) is 9.78 Å². The Bertz CT molecular complexity index is 969. The van der Waals surface area contributed by atoms with E-state index in [1.165, 1.54) is 24.0 Å². The Morgan fingerprint density at radius 2 is 1.93 bits per heavy atom. The van der Waals surface area contributed by atoms with Crippen LogP contribution in [0.4, 0.5) is 5.13 Å². The van der Waals surface area contributed by atoms with Crippen LogP contribution in [0.5, 0.6) is 5.75 Å². The van der Waals surface area contributed by atoms with Crippen LogP contribution in [0.25, 0.3) is 0 Å². The summed E-state index contributed by atoms with van der Waals surface area (Å²) in [5, 5.41) is 4.76. The Hall–Kier alpha value is -3.19. The summed E-state index contributed by atoms with van der Waals surface area (Å²) in [5.41, 5.74) is 5.84. The molecule has 7 heteroatoms. The minimum atomic E-state index is -0.374. The summed E-state index contributed by atoms with van der Waals surface area (Å²) in [5.74, 6) is 0.462. The number of carbonyl (C=O) groups excluding carboxylic acids is 1. The van der Waals surface area contributed by atoms with Crippen LogP contribution < -0.4 is 10.2 Å². The molecule has 0 fully saturated rings. The molecule has 0 aliphatic rings. The molecule has 156 valence electrons. The van der Waals surface area contributed by atoms with Gasteiger partial charge in [0.2, 0.25) is 5.13 Å². The minimum Gasteiger partial charge on any atom is -0.494 e. The molecule has 0 saturated heterocycles. The zero-order valence-corrected chi connectivity index (χ0v) is 17.9. The standard InChI is InChI=1S/C23H25N3O3S/c1-3-20-21(22(27)28-2)30-23(25-20)26-24-16-18-11-13-19(14-12-18)29-15-7-10-17-8-5-4-6-9-17/h4-6,8-9,11-14,16H,3,7,10,15H2,1-2H3,(H,25,26)/b24-16-. The van der Waals surface area contributed by atoms with Gasteiger partial charge in [0.1, 0.15) is 10.6 Å². The third-order valence-corrected chi connectivity index (χ3v) is 5.36. The maximum absolute atomic E-state index is 11.8. The van der Waals surface area contributed by atoms with E-state index >= 15 is 0 Å². The molecule has 30 heavy (non-hydrogen) atoms. The third-order valence-electron chi connectivity index (χ3n) is 4.38. The smallest absolute Gasteiger partial charge is 0.350 e. The lowest BCUT2D eigenvalue weighted by Crippen LogP contribution is -2.01. The van der Waals surface area contributed by atoms with Crippen molar-refractivity contribution in [3.8, 4) is 5.75 Å². The average Bonchev–Trinajstić information content (AvgIpc) is 3.21. The molecule has 0 radical (unpaired) electrons. The van der Waals surface area contributed by atoms with Crippen LogP contribution in [0.2, 0.25) is 0 Å². The monoisotopic (exact) mass is 423 g/mol. The fourth-order valence-corrected chi connectivity index (χ4v) is 3.74. The highest BCUT2D eigenvalue weighted by molar-refractivity contribution is 7.17. The summed E-state index contributed by atoms with van der Waals surface area (Å²) in [6.45, 7) is 2.62. The summed E-state index contributed by atoms with van der Waals surface area (Å²) in [4.78, 5) is 16.7. The first kappa shape index (κ1) is 21.5. The Morgan fingerprint density at radius 3 is 2.63 bits per heavy atom. The van der Waals surface area contributed by atoms with Gasteiger partial charge in [0.25, 0.3) is 0 Å². The second-order valence-corrected chi connectivity index (χ2v) is 7.52. The number of esters is 1. The Morgan fingerprint density at radius 1 is 1.17 bits per heavy atom. The zero-order chi connectivity index (χ0) is 21.2. The predicted molar refractivity (Wildman–Crippen MR) is 121 cm³/mol. The number of benzene rings is 2. The molecule has 3 rings (SSSR count). The number of rotatable bonds is 10. The number of hydrogen-bond acceptors (Lipinski definition) is 7. The van der Waals surface area contributed by atoms with Gasteiger partial charge >= 0.3 is 5.97 Å². The maximum Gasteiger partial charge on any atom is 0.350 e. The molecule has 0 amide bonds. The van der Waals surface area contributed by atoms with Crippen molar-refractivity contribution >= 4 is 28.7 Å². The number of thiazole rings is 1. The molecule has 3 aromatic rings. The highest BCUT2D eigenvalue weighted by Crippen LogP contribution is 2.24. The van der Waals surface area contributed by atoms with E-state index in [0.29, 0.717) is 28.7 Å². The van der Waals surface area contributed by atoms with Crippen LogP contribution in [0, 0.1) is 0 Å². The van der Waals surface area contributed by atoms with Crippen molar-refractivity contribution in [3.05, 3.63) is 76.3 Å². The number of nitrogens with one attached hydrogen (secondary N) is 1. The lowest BCUT2D eigenvalue weighted by atomic mass is 10.1. The molecule has 0 saturated carbocycles. The van der Waals surface area contributed by atoms with Gasteiger partial charge in [-0.15, -0.1) is 0 Å². The highest BCUT2D eigenvalue weighted by Gasteiger charge is 2.17. The van der Waals surface area contributed by atoms with E-state index in [9.17, 15) is 4.79 Å². The van der Waals surface area contributed by atoms with Gasteiger partial charge in [-0.1, -0.05) is 48.6 Å². The molecule has 1 heterocycles. The highest BCUT2D eigenvalue weighted by atomic mass is 32.1. The van der Waals surface area contributed by atoms with Crippen molar-refractivity contribution in [2.75, 3.05) is 19.1 Å². The minimum absolute atomic E-state index is 0.374. The topological polar surface area (TPSA) is 72.8 Å². The van der Waals surface area contributed by atoms with Crippen molar-refractivity contribution < 1.29 is 14.3 Å². The van der Waals surface area contributed by atoms with Crippen LogP contribution in [0.3, 0.4) is 0 Å². The first-order chi connectivity index (χ1) is 14.7. The Labute approximate surface area is 180 Å². The molecule has 0 aliphatic heterocycles.